The highest BCUT2D eigenvalue weighted by Crippen LogP contribution is 2.11. The lowest BCUT2D eigenvalue weighted by Crippen LogP contribution is -2.45. The molecular formula is C4H8Cl4Si. The first kappa shape index (κ1) is 10.4. The summed E-state index contributed by atoms with van der Waals surface area (Å²) in [4.78, 5) is 0. The van der Waals surface area contributed by atoms with E-state index in [2.05, 4.69) is 0 Å². The summed E-state index contributed by atoms with van der Waals surface area (Å²) >= 11 is 22.5. The van der Waals surface area contributed by atoms with Gasteiger partial charge in [0.15, 0.2) is 0 Å². The summed E-state index contributed by atoms with van der Waals surface area (Å²) < 4.78 is 0. The Morgan fingerprint density at radius 1 is 0.667 bits per heavy atom. The van der Waals surface area contributed by atoms with Gasteiger partial charge in [0.05, 0.1) is 0 Å². The smallest absolute Gasteiger partial charge is 0.116 e. The molecule has 9 heavy (non-hydrogen) atoms. The minimum absolute atomic E-state index is 0.559. The molecular weight excluding hydrogens is 218 g/mol. The Kier molecular flexibility index (Phi) is 5.86. The molecule has 0 atom stereocenters. The van der Waals surface area contributed by atoms with Crippen molar-refractivity contribution in [1.82, 2.24) is 0 Å². The third kappa shape index (κ3) is 2.85. The van der Waals surface area contributed by atoms with Crippen LogP contribution in [0.3, 0.4) is 0 Å². The molecule has 0 aliphatic carbocycles. The monoisotopic (exact) mass is 224 g/mol. The molecule has 0 rings (SSSR count). The summed E-state index contributed by atoms with van der Waals surface area (Å²) in [5.74, 6) is 0. The molecule has 0 saturated carbocycles. The summed E-state index contributed by atoms with van der Waals surface area (Å²) in [6.07, 6.45) is 0. The van der Waals surface area contributed by atoms with Gasteiger partial charge in [0.2, 0.25) is 0 Å². The van der Waals surface area contributed by atoms with Gasteiger partial charge in [-0.1, -0.05) is 0 Å². The largest absolute Gasteiger partial charge is 0.130 e. The molecule has 0 radical (unpaired) electrons. The zero-order chi connectivity index (χ0) is 7.33. The minimum atomic E-state index is -1.63. The van der Waals surface area contributed by atoms with Crippen molar-refractivity contribution >= 4 is 54.5 Å². The van der Waals surface area contributed by atoms with Crippen molar-refractivity contribution in [3.8, 4) is 0 Å². The van der Waals surface area contributed by atoms with Crippen LogP contribution in [0.25, 0.3) is 0 Å². The number of halogens is 4. The Morgan fingerprint density at radius 3 is 0.889 bits per heavy atom. The third-order valence-corrected chi connectivity index (χ3v) is 10.2. The van der Waals surface area contributed by atoms with E-state index in [9.17, 15) is 0 Å². The molecule has 0 aromatic heterocycles. The molecule has 0 aromatic carbocycles. The molecule has 0 aliphatic heterocycles. The van der Waals surface area contributed by atoms with Crippen molar-refractivity contribution in [2.24, 2.45) is 0 Å². The maximum absolute atomic E-state index is 5.63. The summed E-state index contributed by atoms with van der Waals surface area (Å²) in [6, 6.07) is 0. The first-order valence-corrected chi connectivity index (χ1v) is 7.45. The molecule has 0 fully saturated rings. The van der Waals surface area contributed by atoms with Crippen molar-refractivity contribution in [3.63, 3.8) is 0 Å². The van der Waals surface area contributed by atoms with Crippen LogP contribution < -0.4 is 0 Å². The van der Waals surface area contributed by atoms with Gasteiger partial charge < -0.3 is 0 Å². The third-order valence-electron chi connectivity index (χ3n) is 1.13. The Bertz CT molecular complexity index is 55.5. The number of rotatable bonds is 4. The molecule has 5 heteroatoms. The number of hydrogen-bond acceptors (Lipinski definition) is 0. The molecule has 0 saturated heterocycles. The van der Waals surface area contributed by atoms with Gasteiger partial charge in [-0.15, -0.1) is 46.4 Å². The van der Waals surface area contributed by atoms with E-state index in [-0.39, 0.29) is 0 Å². The van der Waals surface area contributed by atoms with Gasteiger partial charge in [-0.05, 0) is 0 Å². The van der Waals surface area contributed by atoms with E-state index >= 15 is 0 Å². The second-order valence-electron chi connectivity index (χ2n) is 2.03. The SMILES string of the molecule is ClC[Si](CCl)(CCl)CCl. The van der Waals surface area contributed by atoms with Gasteiger partial charge in [0, 0.05) is 22.0 Å². The molecule has 0 aromatic rings. The zero-order valence-electron chi connectivity index (χ0n) is 4.84. The van der Waals surface area contributed by atoms with Crippen LogP contribution in [0.5, 0.6) is 0 Å². The van der Waals surface area contributed by atoms with E-state index in [0.717, 1.165) is 0 Å². The van der Waals surface area contributed by atoms with Crippen LogP contribution in [-0.4, -0.2) is 30.1 Å². The van der Waals surface area contributed by atoms with Crippen LogP contribution in [0.2, 0.25) is 0 Å². The lowest BCUT2D eigenvalue weighted by Gasteiger charge is -2.19. The Morgan fingerprint density at radius 2 is 0.889 bits per heavy atom. The standard InChI is InChI=1S/C4H8Cl4Si/c5-1-9(2-6,3-7)4-8/h1-4H2. The molecule has 0 N–H and O–H groups in total. The fourth-order valence-corrected chi connectivity index (χ4v) is 5.79. The second kappa shape index (κ2) is 5.08. The highest BCUT2D eigenvalue weighted by atomic mass is 35.5. The minimum Gasteiger partial charge on any atom is -0.130 e. The number of hydrogen-bond donors (Lipinski definition) is 0. The van der Waals surface area contributed by atoms with Crippen molar-refractivity contribution in [2.75, 3.05) is 22.0 Å². The van der Waals surface area contributed by atoms with E-state index in [1.807, 2.05) is 0 Å². The van der Waals surface area contributed by atoms with E-state index in [1.54, 1.807) is 0 Å². The van der Waals surface area contributed by atoms with E-state index < -0.39 is 8.07 Å². The summed E-state index contributed by atoms with van der Waals surface area (Å²) in [5.41, 5.74) is 2.24. The van der Waals surface area contributed by atoms with Crippen LogP contribution in [0.4, 0.5) is 0 Å². The van der Waals surface area contributed by atoms with Gasteiger partial charge >= 0.3 is 0 Å². The molecule has 0 amide bonds. The van der Waals surface area contributed by atoms with Gasteiger partial charge in [-0.2, -0.15) is 0 Å². The van der Waals surface area contributed by atoms with E-state index in [1.165, 1.54) is 0 Å². The quantitative estimate of drug-likeness (QED) is 0.510. The van der Waals surface area contributed by atoms with Crippen molar-refractivity contribution < 1.29 is 0 Å². The van der Waals surface area contributed by atoms with Crippen LogP contribution in [-0.2, 0) is 0 Å². The highest BCUT2D eigenvalue weighted by Gasteiger charge is 2.29. The zero-order valence-corrected chi connectivity index (χ0v) is 8.86. The predicted octanol–water partition coefficient (Wildman–Crippen LogP) is 2.55. The van der Waals surface area contributed by atoms with E-state index in [4.69, 9.17) is 46.4 Å². The fraction of sp³-hybridized carbons (Fsp3) is 1.00. The summed E-state index contributed by atoms with van der Waals surface area (Å²) in [7, 11) is -1.63. The predicted molar refractivity (Wildman–Crippen MR) is 48.6 cm³/mol. The maximum atomic E-state index is 5.63. The number of alkyl halides is 4. The Balaban J connectivity index is 3.82. The first-order valence-electron chi connectivity index (χ1n) is 2.48. The van der Waals surface area contributed by atoms with Crippen LogP contribution >= 0.6 is 46.4 Å². The average molecular weight is 226 g/mol. The van der Waals surface area contributed by atoms with Gasteiger partial charge in [0.1, 0.15) is 8.07 Å². The van der Waals surface area contributed by atoms with Crippen LogP contribution in [0.1, 0.15) is 0 Å². The normalized spacial score (nSPS) is 12.0. The molecule has 0 bridgehead atoms. The van der Waals surface area contributed by atoms with Crippen molar-refractivity contribution in [2.45, 2.75) is 0 Å². The van der Waals surface area contributed by atoms with Gasteiger partial charge in [0.25, 0.3) is 0 Å². The molecule has 0 aliphatic rings. The van der Waals surface area contributed by atoms with Crippen molar-refractivity contribution in [1.29, 1.82) is 0 Å². The van der Waals surface area contributed by atoms with Crippen LogP contribution in [0.15, 0.2) is 0 Å². The lowest BCUT2D eigenvalue weighted by atomic mass is 11.7. The first-order chi connectivity index (χ1) is 4.24. The van der Waals surface area contributed by atoms with E-state index in [0.29, 0.717) is 22.0 Å². The van der Waals surface area contributed by atoms with Gasteiger partial charge in [-0.3, -0.25) is 0 Å². The Hall–Kier alpha value is 1.38. The Labute approximate surface area is 76.4 Å². The second-order valence-corrected chi connectivity index (χ2v) is 9.31. The molecule has 0 spiro atoms. The highest BCUT2D eigenvalue weighted by molar-refractivity contribution is 6.97. The molecule has 0 unspecified atom stereocenters. The molecule has 56 valence electrons. The summed E-state index contributed by atoms with van der Waals surface area (Å²) in [5, 5.41) is 0. The fourth-order valence-electron chi connectivity index (χ4n) is 0.214. The van der Waals surface area contributed by atoms with Crippen molar-refractivity contribution in [3.05, 3.63) is 0 Å². The molecule has 0 heterocycles. The topological polar surface area (TPSA) is 0 Å². The molecule has 0 nitrogen and oxygen atoms in total. The van der Waals surface area contributed by atoms with Gasteiger partial charge in [-0.25, -0.2) is 0 Å². The summed E-state index contributed by atoms with van der Waals surface area (Å²) in [6.45, 7) is 0. The van der Waals surface area contributed by atoms with Crippen LogP contribution in [0, 0.1) is 0 Å². The lowest BCUT2D eigenvalue weighted by molar-refractivity contribution is 1.57. The maximum Gasteiger partial charge on any atom is 0.116 e. The average Bonchev–Trinajstić information content (AvgIpc) is 1.95.